The quantitative estimate of drug-likeness (QED) is 0.873. The minimum atomic E-state index is -4.77. The van der Waals surface area contributed by atoms with Crippen LogP contribution in [0.5, 0.6) is 11.8 Å². The van der Waals surface area contributed by atoms with Gasteiger partial charge < -0.3 is 20.1 Å². The normalized spacial score (nSPS) is 11.0. The van der Waals surface area contributed by atoms with Gasteiger partial charge in [-0.1, -0.05) is 0 Å². The number of urea groups is 1. The average Bonchev–Trinajstić information content (AvgIpc) is 2.51. The number of benzene rings is 1. The van der Waals surface area contributed by atoms with Crippen molar-refractivity contribution in [3.8, 4) is 11.8 Å². The van der Waals surface area contributed by atoms with Crippen LogP contribution in [0.1, 0.15) is 11.4 Å². The van der Waals surface area contributed by atoms with Gasteiger partial charge in [0.1, 0.15) is 5.75 Å². The molecule has 0 aliphatic carbocycles. The van der Waals surface area contributed by atoms with Crippen LogP contribution in [0.15, 0.2) is 24.3 Å². The van der Waals surface area contributed by atoms with Crippen molar-refractivity contribution in [3.63, 3.8) is 0 Å². The van der Waals surface area contributed by atoms with Gasteiger partial charge in [0.15, 0.2) is 0 Å². The van der Waals surface area contributed by atoms with Crippen molar-refractivity contribution in [3.05, 3.63) is 35.7 Å². The first kappa shape index (κ1) is 18.3. The SMILES string of the molecule is COc1nc(C)c(NC(=O)Nc2ccc(OC(F)(F)F)cc2)c(C)n1. The molecule has 0 spiro atoms. The largest absolute Gasteiger partial charge is 0.573 e. The van der Waals surface area contributed by atoms with Crippen molar-refractivity contribution in [1.82, 2.24) is 9.97 Å². The molecule has 0 saturated carbocycles. The third kappa shape index (κ3) is 5.23. The van der Waals surface area contributed by atoms with E-state index in [0.29, 0.717) is 17.1 Å². The third-order valence-electron chi connectivity index (χ3n) is 3.02. The van der Waals surface area contributed by atoms with E-state index in [9.17, 15) is 18.0 Å². The van der Waals surface area contributed by atoms with Crippen molar-refractivity contribution >= 4 is 17.4 Å². The number of amides is 2. The van der Waals surface area contributed by atoms with Gasteiger partial charge in [-0.3, -0.25) is 0 Å². The number of hydrogen-bond donors (Lipinski definition) is 2. The average molecular weight is 356 g/mol. The smallest absolute Gasteiger partial charge is 0.467 e. The van der Waals surface area contributed by atoms with E-state index in [4.69, 9.17) is 4.74 Å². The Morgan fingerprint density at radius 2 is 1.60 bits per heavy atom. The number of nitrogens with zero attached hydrogens (tertiary/aromatic N) is 2. The lowest BCUT2D eigenvalue weighted by molar-refractivity contribution is -0.274. The van der Waals surface area contributed by atoms with Crippen LogP contribution in [0.25, 0.3) is 0 Å². The van der Waals surface area contributed by atoms with Crippen LogP contribution in [0.4, 0.5) is 29.3 Å². The van der Waals surface area contributed by atoms with Crippen LogP contribution in [0, 0.1) is 13.8 Å². The summed E-state index contributed by atoms with van der Waals surface area (Å²) >= 11 is 0. The highest BCUT2D eigenvalue weighted by atomic mass is 19.4. The maximum absolute atomic E-state index is 12.1. The Hall–Kier alpha value is -3.04. The standard InChI is InChI=1S/C15H15F3N4O3/c1-8-12(9(2)20-14(19-8)24-3)22-13(23)21-10-4-6-11(7-5-10)25-15(16,17)18/h4-7H,1-3H3,(H2,21,22,23). The molecule has 0 unspecified atom stereocenters. The molecule has 0 bridgehead atoms. The second-order valence-corrected chi connectivity index (χ2v) is 4.91. The van der Waals surface area contributed by atoms with Crippen LogP contribution in [0.2, 0.25) is 0 Å². The molecular formula is C15H15F3N4O3. The number of carbonyl (C=O) groups is 1. The Morgan fingerprint density at radius 1 is 1.04 bits per heavy atom. The Morgan fingerprint density at radius 3 is 2.08 bits per heavy atom. The highest BCUT2D eigenvalue weighted by molar-refractivity contribution is 6.00. The molecule has 134 valence electrons. The second-order valence-electron chi connectivity index (χ2n) is 4.91. The fourth-order valence-electron chi connectivity index (χ4n) is 1.97. The van der Waals surface area contributed by atoms with E-state index in [1.54, 1.807) is 13.8 Å². The molecule has 1 aromatic carbocycles. The first-order valence-corrected chi connectivity index (χ1v) is 7.01. The Balaban J connectivity index is 2.03. The first-order chi connectivity index (χ1) is 11.7. The fourth-order valence-corrected chi connectivity index (χ4v) is 1.97. The summed E-state index contributed by atoms with van der Waals surface area (Å²) in [6.45, 7) is 3.35. The first-order valence-electron chi connectivity index (χ1n) is 7.01. The fraction of sp³-hybridized carbons (Fsp3) is 0.267. The van der Waals surface area contributed by atoms with E-state index in [0.717, 1.165) is 12.1 Å². The van der Waals surface area contributed by atoms with Crippen molar-refractivity contribution in [1.29, 1.82) is 0 Å². The van der Waals surface area contributed by atoms with E-state index >= 15 is 0 Å². The molecule has 0 atom stereocenters. The molecular weight excluding hydrogens is 341 g/mol. The molecule has 0 saturated heterocycles. The molecule has 2 aromatic rings. The molecule has 2 amide bonds. The molecule has 0 fully saturated rings. The maximum atomic E-state index is 12.1. The predicted molar refractivity (Wildman–Crippen MR) is 83.8 cm³/mol. The number of ether oxygens (including phenoxy) is 2. The van der Waals surface area contributed by atoms with Gasteiger partial charge in [-0.25, -0.2) is 4.79 Å². The monoisotopic (exact) mass is 356 g/mol. The lowest BCUT2D eigenvalue weighted by atomic mass is 10.3. The van der Waals surface area contributed by atoms with Gasteiger partial charge in [0.2, 0.25) is 0 Å². The second kappa shape index (κ2) is 7.24. The molecule has 25 heavy (non-hydrogen) atoms. The third-order valence-corrected chi connectivity index (χ3v) is 3.02. The number of carbonyl (C=O) groups excluding carboxylic acids is 1. The molecule has 0 radical (unpaired) electrons. The molecule has 0 aliphatic heterocycles. The van der Waals surface area contributed by atoms with Gasteiger partial charge in [0.05, 0.1) is 24.2 Å². The van der Waals surface area contributed by atoms with Crippen LogP contribution in [0.3, 0.4) is 0 Å². The van der Waals surface area contributed by atoms with E-state index in [-0.39, 0.29) is 17.4 Å². The summed E-state index contributed by atoms with van der Waals surface area (Å²) in [7, 11) is 1.43. The number of aromatic nitrogens is 2. The molecule has 2 N–H and O–H groups in total. The van der Waals surface area contributed by atoms with Crippen LogP contribution in [-0.4, -0.2) is 29.5 Å². The number of aryl methyl sites for hydroxylation is 2. The van der Waals surface area contributed by atoms with E-state index < -0.39 is 12.4 Å². The Kier molecular flexibility index (Phi) is 5.30. The number of rotatable bonds is 4. The van der Waals surface area contributed by atoms with Crippen molar-refractivity contribution in [2.45, 2.75) is 20.2 Å². The van der Waals surface area contributed by atoms with Gasteiger partial charge in [0, 0.05) is 5.69 Å². The van der Waals surface area contributed by atoms with Gasteiger partial charge >= 0.3 is 18.4 Å². The van der Waals surface area contributed by atoms with Crippen molar-refractivity contribution in [2.75, 3.05) is 17.7 Å². The number of anilines is 2. The number of hydrogen-bond acceptors (Lipinski definition) is 5. The van der Waals surface area contributed by atoms with E-state index in [1.165, 1.54) is 19.2 Å². The number of alkyl halides is 3. The molecule has 10 heteroatoms. The predicted octanol–water partition coefficient (Wildman–Crippen LogP) is 3.64. The zero-order valence-electron chi connectivity index (χ0n) is 13.6. The van der Waals surface area contributed by atoms with Crippen LogP contribution < -0.4 is 20.1 Å². The lowest BCUT2D eigenvalue weighted by Crippen LogP contribution is -2.21. The van der Waals surface area contributed by atoms with Crippen molar-refractivity contribution < 1.29 is 27.4 Å². The summed E-state index contributed by atoms with van der Waals surface area (Å²) in [6, 6.07) is 4.34. The molecule has 1 heterocycles. The van der Waals surface area contributed by atoms with E-state index in [1.807, 2.05) is 0 Å². The minimum Gasteiger partial charge on any atom is -0.467 e. The van der Waals surface area contributed by atoms with Crippen LogP contribution in [-0.2, 0) is 0 Å². The zero-order chi connectivity index (χ0) is 18.6. The minimum absolute atomic E-state index is 0.182. The summed E-state index contributed by atoms with van der Waals surface area (Å²) in [6.07, 6.45) is -4.77. The lowest BCUT2D eigenvalue weighted by Gasteiger charge is -2.13. The molecule has 0 aliphatic rings. The van der Waals surface area contributed by atoms with Gasteiger partial charge in [-0.05, 0) is 38.1 Å². The summed E-state index contributed by atoms with van der Waals surface area (Å²) in [4.78, 5) is 20.2. The Labute approximate surface area is 141 Å². The number of halogens is 3. The van der Waals surface area contributed by atoms with Gasteiger partial charge in [-0.15, -0.1) is 13.2 Å². The number of nitrogens with one attached hydrogen (secondary N) is 2. The molecule has 7 nitrogen and oxygen atoms in total. The summed E-state index contributed by atoms with van der Waals surface area (Å²) in [5.41, 5.74) is 1.72. The number of methoxy groups -OCH3 is 1. The maximum Gasteiger partial charge on any atom is 0.573 e. The van der Waals surface area contributed by atoms with Gasteiger partial charge in [0.25, 0.3) is 0 Å². The highest BCUT2D eigenvalue weighted by Crippen LogP contribution is 2.24. The Bertz CT molecular complexity index is 741. The molecule has 2 rings (SSSR count). The van der Waals surface area contributed by atoms with E-state index in [2.05, 4.69) is 25.3 Å². The summed E-state index contributed by atoms with van der Waals surface area (Å²) < 4.78 is 45.0. The van der Waals surface area contributed by atoms with Crippen LogP contribution >= 0.6 is 0 Å². The summed E-state index contributed by atoms with van der Waals surface area (Å²) in [5.74, 6) is -0.381. The van der Waals surface area contributed by atoms with Gasteiger partial charge in [-0.2, -0.15) is 9.97 Å². The summed E-state index contributed by atoms with van der Waals surface area (Å²) in [5, 5.41) is 5.08. The topological polar surface area (TPSA) is 85.4 Å². The molecule has 1 aromatic heterocycles. The highest BCUT2D eigenvalue weighted by Gasteiger charge is 2.30. The zero-order valence-corrected chi connectivity index (χ0v) is 13.6. The van der Waals surface area contributed by atoms with Crippen molar-refractivity contribution in [2.24, 2.45) is 0 Å².